The van der Waals surface area contributed by atoms with Crippen LogP contribution in [0.15, 0.2) is 18.2 Å². The van der Waals surface area contributed by atoms with Crippen LogP contribution >= 0.6 is 0 Å². The molecule has 0 bridgehead atoms. The number of nitrogens with zero attached hydrogens (tertiary/aromatic N) is 2. The summed E-state index contributed by atoms with van der Waals surface area (Å²) in [5, 5.41) is 9.00. The number of nitrogen functional groups attached to an aromatic ring is 1. The molecule has 116 valence electrons. The monoisotopic (exact) mass is 293 g/mol. The van der Waals surface area contributed by atoms with Crippen molar-refractivity contribution in [3.05, 3.63) is 23.8 Å². The number of hydrogen-bond donors (Lipinski definition) is 2. The quantitative estimate of drug-likeness (QED) is 0.787. The van der Waals surface area contributed by atoms with Crippen LogP contribution in [0.5, 0.6) is 5.75 Å². The molecule has 1 fully saturated rings. The van der Waals surface area contributed by atoms with Crippen molar-refractivity contribution in [3.8, 4) is 5.75 Å². The number of benzene rings is 1. The second kappa shape index (κ2) is 7.28. The lowest BCUT2D eigenvalue weighted by Crippen LogP contribution is -2.36. The van der Waals surface area contributed by atoms with E-state index in [1.54, 1.807) is 25.3 Å². The van der Waals surface area contributed by atoms with Gasteiger partial charge in [0.2, 0.25) is 0 Å². The lowest BCUT2D eigenvalue weighted by molar-refractivity contribution is 0.0761. The number of anilines is 1. The summed E-state index contributed by atoms with van der Waals surface area (Å²) < 4.78 is 5.16. The summed E-state index contributed by atoms with van der Waals surface area (Å²) in [6, 6.07) is 5.13. The average molecular weight is 293 g/mol. The van der Waals surface area contributed by atoms with E-state index in [0.717, 1.165) is 19.5 Å². The van der Waals surface area contributed by atoms with Crippen molar-refractivity contribution >= 4 is 11.6 Å². The van der Waals surface area contributed by atoms with Gasteiger partial charge in [-0.3, -0.25) is 9.69 Å². The van der Waals surface area contributed by atoms with Crippen molar-refractivity contribution in [2.45, 2.75) is 6.42 Å². The highest BCUT2D eigenvalue weighted by molar-refractivity contribution is 5.99. The van der Waals surface area contributed by atoms with Crippen LogP contribution in [0.25, 0.3) is 0 Å². The van der Waals surface area contributed by atoms with E-state index in [2.05, 4.69) is 4.90 Å². The summed E-state index contributed by atoms with van der Waals surface area (Å²) in [7, 11) is 1.57. The zero-order chi connectivity index (χ0) is 15.2. The largest absolute Gasteiger partial charge is 0.497 e. The first-order valence-electron chi connectivity index (χ1n) is 7.21. The lowest BCUT2D eigenvalue weighted by atomic mass is 10.1. The second-order valence-corrected chi connectivity index (χ2v) is 5.16. The molecule has 21 heavy (non-hydrogen) atoms. The minimum atomic E-state index is -0.0581. The molecule has 0 spiro atoms. The first-order chi connectivity index (χ1) is 10.2. The van der Waals surface area contributed by atoms with Crippen LogP contribution in [-0.2, 0) is 0 Å². The Bertz CT molecular complexity index is 493. The molecule has 0 saturated carbocycles. The first-order valence-corrected chi connectivity index (χ1v) is 7.21. The van der Waals surface area contributed by atoms with Crippen LogP contribution < -0.4 is 10.5 Å². The summed E-state index contributed by atoms with van der Waals surface area (Å²) in [4.78, 5) is 16.6. The van der Waals surface area contributed by atoms with Gasteiger partial charge < -0.3 is 20.5 Å². The second-order valence-electron chi connectivity index (χ2n) is 5.16. The number of rotatable bonds is 4. The van der Waals surface area contributed by atoms with E-state index in [4.69, 9.17) is 15.6 Å². The van der Waals surface area contributed by atoms with Gasteiger partial charge >= 0.3 is 0 Å². The van der Waals surface area contributed by atoms with Gasteiger partial charge in [0, 0.05) is 31.9 Å². The minimum absolute atomic E-state index is 0.0581. The predicted molar refractivity (Wildman–Crippen MR) is 81.5 cm³/mol. The van der Waals surface area contributed by atoms with E-state index >= 15 is 0 Å². The zero-order valence-electron chi connectivity index (χ0n) is 12.4. The molecule has 3 N–H and O–H groups in total. The fourth-order valence-electron chi connectivity index (χ4n) is 2.56. The molecular formula is C15H23N3O3. The van der Waals surface area contributed by atoms with Crippen LogP contribution in [0.2, 0.25) is 0 Å². The summed E-state index contributed by atoms with van der Waals surface area (Å²) >= 11 is 0. The molecule has 1 aliphatic rings. The molecule has 6 heteroatoms. The number of aliphatic hydroxyl groups is 1. The molecule has 1 aromatic rings. The summed E-state index contributed by atoms with van der Waals surface area (Å²) in [6.07, 6.45) is 0.898. The Hall–Kier alpha value is -1.79. The number of carbonyl (C=O) groups is 1. The maximum atomic E-state index is 12.6. The number of hydrogen-bond acceptors (Lipinski definition) is 5. The number of β-amino-alcohol motifs (C(OH)–C–C–N with tert-alkyl or cyclic N) is 1. The Labute approximate surface area is 125 Å². The topological polar surface area (TPSA) is 79.0 Å². The lowest BCUT2D eigenvalue weighted by Gasteiger charge is -2.22. The Kier molecular flexibility index (Phi) is 5.41. The molecule has 1 heterocycles. The molecule has 1 aromatic carbocycles. The van der Waals surface area contributed by atoms with E-state index in [1.807, 2.05) is 4.90 Å². The van der Waals surface area contributed by atoms with E-state index in [0.29, 0.717) is 36.6 Å². The Morgan fingerprint density at radius 2 is 2.14 bits per heavy atom. The van der Waals surface area contributed by atoms with E-state index in [-0.39, 0.29) is 12.5 Å². The Balaban J connectivity index is 2.09. The number of carbonyl (C=O) groups excluding carboxylic acids is 1. The molecule has 1 amide bonds. The highest BCUT2D eigenvalue weighted by Gasteiger charge is 2.22. The minimum Gasteiger partial charge on any atom is -0.497 e. The maximum Gasteiger partial charge on any atom is 0.256 e. The van der Waals surface area contributed by atoms with Crippen molar-refractivity contribution in [3.63, 3.8) is 0 Å². The highest BCUT2D eigenvalue weighted by Crippen LogP contribution is 2.21. The molecule has 0 unspecified atom stereocenters. The molecule has 1 aliphatic heterocycles. The van der Waals surface area contributed by atoms with Gasteiger partial charge in [-0.05, 0) is 31.2 Å². The van der Waals surface area contributed by atoms with Crippen LogP contribution in [0.4, 0.5) is 5.69 Å². The summed E-state index contributed by atoms with van der Waals surface area (Å²) in [5.74, 6) is 0.571. The summed E-state index contributed by atoms with van der Waals surface area (Å²) in [5.41, 5.74) is 6.88. The van der Waals surface area contributed by atoms with Crippen LogP contribution in [0.3, 0.4) is 0 Å². The molecule has 1 saturated heterocycles. The van der Waals surface area contributed by atoms with E-state index in [1.165, 1.54) is 0 Å². The highest BCUT2D eigenvalue weighted by atomic mass is 16.5. The van der Waals surface area contributed by atoms with Gasteiger partial charge in [0.1, 0.15) is 5.75 Å². The van der Waals surface area contributed by atoms with Crippen LogP contribution in [0.1, 0.15) is 16.8 Å². The molecular weight excluding hydrogens is 270 g/mol. The SMILES string of the molecule is COc1ccc(N)c(C(=O)N2CCCN(CCO)CC2)c1. The summed E-state index contributed by atoms with van der Waals surface area (Å²) in [6.45, 7) is 3.83. The molecule has 0 atom stereocenters. The fourth-order valence-corrected chi connectivity index (χ4v) is 2.56. The molecule has 2 rings (SSSR count). The average Bonchev–Trinajstić information content (AvgIpc) is 2.73. The molecule has 6 nitrogen and oxygen atoms in total. The van der Waals surface area contributed by atoms with Gasteiger partial charge in [-0.25, -0.2) is 0 Å². The van der Waals surface area contributed by atoms with Crippen molar-refractivity contribution in [2.24, 2.45) is 0 Å². The maximum absolute atomic E-state index is 12.6. The normalized spacial score (nSPS) is 16.6. The third-order valence-electron chi connectivity index (χ3n) is 3.78. The van der Waals surface area contributed by atoms with Crippen molar-refractivity contribution < 1.29 is 14.6 Å². The van der Waals surface area contributed by atoms with Gasteiger partial charge in [-0.2, -0.15) is 0 Å². The molecule has 0 aromatic heterocycles. The number of nitrogens with two attached hydrogens (primary N) is 1. The van der Waals surface area contributed by atoms with Gasteiger partial charge in [-0.1, -0.05) is 0 Å². The van der Waals surface area contributed by atoms with Gasteiger partial charge in [0.15, 0.2) is 0 Å². The Morgan fingerprint density at radius 1 is 1.33 bits per heavy atom. The first kappa shape index (κ1) is 15.6. The van der Waals surface area contributed by atoms with E-state index < -0.39 is 0 Å². The Morgan fingerprint density at radius 3 is 2.86 bits per heavy atom. The van der Waals surface area contributed by atoms with Crippen molar-refractivity contribution in [1.82, 2.24) is 9.80 Å². The van der Waals surface area contributed by atoms with Crippen LogP contribution in [-0.4, -0.2) is 67.3 Å². The van der Waals surface area contributed by atoms with Gasteiger partial charge in [0.25, 0.3) is 5.91 Å². The molecule has 0 aliphatic carbocycles. The van der Waals surface area contributed by atoms with Crippen molar-refractivity contribution in [2.75, 3.05) is 52.2 Å². The fraction of sp³-hybridized carbons (Fsp3) is 0.533. The van der Waals surface area contributed by atoms with Crippen LogP contribution in [0, 0.1) is 0 Å². The van der Waals surface area contributed by atoms with Gasteiger partial charge in [-0.15, -0.1) is 0 Å². The van der Waals surface area contributed by atoms with E-state index in [9.17, 15) is 4.79 Å². The zero-order valence-corrected chi connectivity index (χ0v) is 12.4. The van der Waals surface area contributed by atoms with Crippen molar-refractivity contribution in [1.29, 1.82) is 0 Å². The number of amides is 1. The third kappa shape index (κ3) is 3.86. The number of ether oxygens (including phenoxy) is 1. The molecule has 0 radical (unpaired) electrons. The van der Waals surface area contributed by atoms with Gasteiger partial charge in [0.05, 0.1) is 19.3 Å². The standard InChI is InChI=1S/C15H23N3O3/c1-21-12-3-4-14(16)13(11-12)15(20)18-6-2-5-17(7-8-18)9-10-19/h3-4,11,19H,2,5-10,16H2,1H3. The number of aliphatic hydroxyl groups excluding tert-OH is 1. The predicted octanol–water partition coefficient (Wildman–Crippen LogP) is 0.418. The number of methoxy groups -OCH3 is 1. The smallest absolute Gasteiger partial charge is 0.256 e. The third-order valence-corrected chi connectivity index (χ3v) is 3.78.